The number of nitrogens with one attached hydrogen (secondary N) is 1. The number of fused-ring (bicyclic) bond motifs is 8. The number of H-pyrrole nitrogens is 1. The molecule has 0 unspecified atom stereocenters. The van der Waals surface area contributed by atoms with Crippen LogP contribution in [0.3, 0.4) is 0 Å². The fourth-order valence-corrected chi connectivity index (χ4v) is 8.56. The second-order valence-electron chi connectivity index (χ2n) is 17.3. The first-order valence-electron chi connectivity index (χ1n) is 20.4. The van der Waals surface area contributed by atoms with Gasteiger partial charge in [0.25, 0.3) is 0 Å². The molecule has 5 heterocycles. The lowest BCUT2D eigenvalue weighted by Crippen LogP contribution is -2.16. The monoisotopic (exact) mass is 807 g/mol. The Balaban J connectivity index is 1.43. The lowest BCUT2D eigenvalue weighted by molar-refractivity contribution is 0.667. The van der Waals surface area contributed by atoms with Gasteiger partial charge >= 0.3 is 0 Å². The summed E-state index contributed by atoms with van der Waals surface area (Å²) in [6, 6.07) is 46.2. The Morgan fingerprint density at radius 2 is 0.800 bits per heavy atom. The van der Waals surface area contributed by atoms with E-state index in [9.17, 15) is 0 Å². The molecule has 3 aromatic heterocycles. The molecule has 0 radical (unpaired) electrons. The van der Waals surface area contributed by atoms with Crippen molar-refractivity contribution in [2.24, 2.45) is 0 Å². The predicted octanol–water partition coefficient (Wildman–Crippen LogP) is 14.0. The highest BCUT2D eigenvalue weighted by Crippen LogP contribution is 2.39. The first kappa shape index (κ1) is 38.5. The van der Waals surface area contributed by atoms with Crippen molar-refractivity contribution in [1.29, 1.82) is 0 Å². The van der Waals surface area contributed by atoms with Crippen molar-refractivity contribution in [3.8, 4) is 67.4 Å². The molecule has 6 heteroatoms. The standard InChI is InChI=1S/C54H45N3OSi2/c1-59(2,3)33-31-37-15-13-21-41(35-37)51-43-23-24-44(55-43)52(42-22-14-16-38(36-42)32-34-60(4,5)6)46-26-28-48(57-46)54(40-19-11-8-12-20-40)50-30-29-49(58-50)53(39-17-9-7-10-18-39)47-27-25-45(51)56-47/h7-30,35-36,55H,1-6H3. The molecule has 2 aliphatic heterocycles. The normalized spacial score (nSPS) is 12.1. The number of furan rings is 1. The van der Waals surface area contributed by atoms with Crippen LogP contribution in [0.4, 0.5) is 0 Å². The highest BCUT2D eigenvalue weighted by Gasteiger charge is 2.20. The molecule has 8 bridgehead atoms. The first-order valence-corrected chi connectivity index (χ1v) is 27.4. The molecule has 0 fully saturated rings. The molecule has 7 aromatic rings. The molecule has 4 nitrogen and oxygen atoms in total. The van der Waals surface area contributed by atoms with Crippen molar-refractivity contribution >= 4 is 62.7 Å². The zero-order chi connectivity index (χ0) is 41.4. The summed E-state index contributed by atoms with van der Waals surface area (Å²) >= 11 is 0. The lowest BCUT2D eigenvalue weighted by atomic mass is 10.0. The maximum Gasteiger partial charge on any atom is 0.137 e. The third-order valence-electron chi connectivity index (χ3n) is 10.2. The number of rotatable bonds is 4. The lowest BCUT2D eigenvalue weighted by Gasteiger charge is -2.08. The summed E-state index contributed by atoms with van der Waals surface area (Å²) < 4.78 is 6.94. The van der Waals surface area contributed by atoms with Crippen molar-refractivity contribution < 1.29 is 4.42 Å². The highest BCUT2D eigenvalue weighted by atomic mass is 28.3. The molecule has 0 saturated heterocycles. The van der Waals surface area contributed by atoms with Gasteiger partial charge in [0.05, 0.1) is 33.9 Å². The molecule has 9 rings (SSSR count). The number of nitrogens with zero attached hydrogens (tertiary/aromatic N) is 2. The van der Waals surface area contributed by atoms with Crippen molar-refractivity contribution in [2.75, 3.05) is 0 Å². The maximum atomic E-state index is 6.94. The predicted molar refractivity (Wildman–Crippen MR) is 259 cm³/mol. The molecule has 1 N–H and O–H groups in total. The van der Waals surface area contributed by atoms with Gasteiger partial charge in [0.2, 0.25) is 0 Å². The molecule has 0 saturated carbocycles. The molecule has 4 aromatic carbocycles. The Labute approximate surface area is 354 Å². The maximum absolute atomic E-state index is 6.94. The van der Waals surface area contributed by atoms with Crippen LogP contribution >= 0.6 is 0 Å². The van der Waals surface area contributed by atoms with Crippen molar-refractivity contribution in [1.82, 2.24) is 15.0 Å². The summed E-state index contributed by atoms with van der Waals surface area (Å²) in [5.74, 6) is 6.98. The Morgan fingerprint density at radius 3 is 1.20 bits per heavy atom. The minimum absolute atomic E-state index is 0.726. The fourth-order valence-electron chi connectivity index (χ4n) is 7.52. The van der Waals surface area contributed by atoms with E-state index in [4.69, 9.17) is 14.4 Å². The van der Waals surface area contributed by atoms with E-state index in [-0.39, 0.29) is 0 Å². The zero-order valence-corrected chi connectivity index (χ0v) is 36.8. The van der Waals surface area contributed by atoms with Crippen LogP contribution in [0, 0.1) is 22.9 Å². The van der Waals surface area contributed by atoms with E-state index in [2.05, 4.69) is 213 Å². The van der Waals surface area contributed by atoms with Gasteiger partial charge in [-0.15, -0.1) is 11.1 Å². The smallest absolute Gasteiger partial charge is 0.137 e. The van der Waals surface area contributed by atoms with Gasteiger partial charge in [-0.3, -0.25) is 0 Å². The third kappa shape index (κ3) is 8.17. The summed E-state index contributed by atoms with van der Waals surface area (Å²) in [6.45, 7) is 13.6. The molecular weight excluding hydrogens is 763 g/mol. The molecule has 0 spiro atoms. The van der Waals surface area contributed by atoms with Crippen LogP contribution < -0.4 is 0 Å². The van der Waals surface area contributed by atoms with Crippen molar-refractivity contribution in [3.63, 3.8) is 0 Å². The second kappa shape index (κ2) is 15.7. The second-order valence-corrected chi connectivity index (χ2v) is 26.8. The summed E-state index contributed by atoms with van der Waals surface area (Å²) in [7, 11) is -3.21. The quantitative estimate of drug-likeness (QED) is 0.142. The third-order valence-corrected chi connectivity index (χ3v) is 12.0. The largest absolute Gasteiger partial charge is 0.456 e. The number of hydrogen-bond acceptors (Lipinski definition) is 3. The van der Waals surface area contributed by atoms with Crippen LogP contribution in [-0.2, 0) is 0 Å². The van der Waals surface area contributed by atoms with E-state index in [0.29, 0.717) is 0 Å². The molecular formula is C54H45N3OSi2. The Hall–Kier alpha value is -6.97. The minimum atomic E-state index is -1.61. The van der Waals surface area contributed by atoms with Gasteiger partial charge in [0, 0.05) is 33.3 Å². The Morgan fingerprint density at radius 1 is 0.417 bits per heavy atom. The van der Waals surface area contributed by atoms with E-state index < -0.39 is 16.1 Å². The topological polar surface area (TPSA) is 54.7 Å². The number of aromatic amines is 1. The van der Waals surface area contributed by atoms with E-state index in [1.165, 1.54) is 0 Å². The van der Waals surface area contributed by atoms with E-state index in [1.54, 1.807) is 0 Å². The van der Waals surface area contributed by atoms with Crippen LogP contribution in [-0.4, -0.2) is 31.1 Å². The average Bonchev–Trinajstić information content (AvgIpc) is 4.08. The van der Waals surface area contributed by atoms with Gasteiger partial charge in [0.1, 0.15) is 27.3 Å². The van der Waals surface area contributed by atoms with Crippen LogP contribution in [0.25, 0.3) is 91.0 Å². The van der Waals surface area contributed by atoms with Crippen LogP contribution in [0.1, 0.15) is 33.9 Å². The summed E-state index contributed by atoms with van der Waals surface area (Å²) in [6.07, 6.45) is 8.45. The van der Waals surface area contributed by atoms with Gasteiger partial charge in [-0.2, -0.15) is 0 Å². The Kier molecular flexibility index (Phi) is 10.1. The summed E-state index contributed by atoms with van der Waals surface area (Å²) in [5.41, 5.74) is 23.6. The zero-order valence-electron chi connectivity index (χ0n) is 34.8. The fraction of sp³-hybridized carbons (Fsp3) is 0.111. The van der Waals surface area contributed by atoms with Crippen molar-refractivity contribution in [3.05, 3.63) is 167 Å². The molecule has 60 heavy (non-hydrogen) atoms. The molecule has 0 amide bonds. The van der Waals surface area contributed by atoms with Crippen LogP contribution in [0.2, 0.25) is 39.3 Å². The van der Waals surface area contributed by atoms with Gasteiger partial charge in [-0.05, 0) is 95.1 Å². The van der Waals surface area contributed by atoms with Crippen molar-refractivity contribution in [2.45, 2.75) is 39.3 Å². The van der Waals surface area contributed by atoms with Crippen LogP contribution in [0.15, 0.2) is 138 Å². The average molecular weight is 808 g/mol. The van der Waals surface area contributed by atoms with E-state index >= 15 is 0 Å². The molecule has 0 atom stereocenters. The van der Waals surface area contributed by atoms with Crippen LogP contribution in [0.5, 0.6) is 0 Å². The number of hydrogen-bond donors (Lipinski definition) is 1. The Bertz CT molecular complexity index is 2960. The SMILES string of the molecule is C[Si](C)(C)C#Cc1cccc(-c2c3nc(c(-c4ccccc4)c4ccc(o4)c(-c4ccccc4)c4nc(c(-c5cccc(C#C[Si](C)(C)C)c5)c5ccc2[nH]5)C=C4)C=C3)c1. The molecule has 290 valence electrons. The number of aromatic nitrogens is 3. The number of benzene rings is 4. The summed E-state index contributed by atoms with van der Waals surface area (Å²) in [5, 5.41) is 0. The van der Waals surface area contributed by atoms with Gasteiger partial charge < -0.3 is 9.40 Å². The van der Waals surface area contributed by atoms with Gasteiger partial charge in [-0.25, -0.2) is 9.97 Å². The molecule has 0 aliphatic carbocycles. The van der Waals surface area contributed by atoms with E-state index in [1.807, 2.05) is 12.1 Å². The molecule has 2 aliphatic rings. The summed E-state index contributed by atoms with van der Waals surface area (Å²) in [4.78, 5) is 14.8. The van der Waals surface area contributed by atoms with E-state index in [0.717, 1.165) is 101 Å². The first-order chi connectivity index (χ1) is 29.0. The van der Waals surface area contributed by atoms with Gasteiger partial charge in [0.15, 0.2) is 0 Å². The minimum Gasteiger partial charge on any atom is -0.456 e. The van der Waals surface area contributed by atoms with Gasteiger partial charge in [-0.1, -0.05) is 136 Å². The highest BCUT2D eigenvalue weighted by molar-refractivity contribution is 6.84.